The summed E-state index contributed by atoms with van der Waals surface area (Å²) in [4.78, 5) is 22.3. The molecular weight excluding hydrogens is 288 g/mol. The second-order valence-electron chi connectivity index (χ2n) is 3.81. The third-order valence-electron chi connectivity index (χ3n) is 2.55. The van der Waals surface area contributed by atoms with Crippen LogP contribution in [0.1, 0.15) is 12.0 Å². The van der Waals surface area contributed by atoms with E-state index in [1.807, 2.05) is 18.2 Å². The summed E-state index contributed by atoms with van der Waals surface area (Å²) in [6.45, 7) is 0.400. The smallest absolute Gasteiger partial charge is 0.305 e. The van der Waals surface area contributed by atoms with Crippen LogP contribution in [0, 0.1) is 0 Å². The number of benzene rings is 1. The summed E-state index contributed by atoms with van der Waals surface area (Å²) in [6, 6.07) is 4.84. The Bertz CT molecular complexity index is 476. The zero-order chi connectivity index (χ0) is 12.4. The molecule has 0 bridgehead atoms. The molecule has 0 saturated heterocycles. The van der Waals surface area contributed by atoms with E-state index in [1.165, 1.54) is 0 Å². The Balaban J connectivity index is 2.27. The molecule has 90 valence electrons. The molecule has 6 heteroatoms. The van der Waals surface area contributed by atoms with Crippen LogP contribution in [-0.4, -0.2) is 23.0 Å². The largest absolute Gasteiger partial charge is 0.481 e. The maximum Gasteiger partial charge on any atom is 0.305 e. The Morgan fingerprint density at radius 1 is 1.53 bits per heavy atom. The van der Waals surface area contributed by atoms with Crippen molar-refractivity contribution in [2.75, 3.05) is 5.32 Å². The van der Waals surface area contributed by atoms with Gasteiger partial charge in [0.05, 0.1) is 6.42 Å². The lowest BCUT2D eigenvalue weighted by Crippen LogP contribution is -2.38. The van der Waals surface area contributed by atoms with Gasteiger partial charge >= 0.3 is 5.97 Å². The number of carbonyl (C=O) groups excluding carboxylic acids is 1. The van der Waals surface area contributed by atoms with Crippen LogP contribution in [0.15, 0.2) is 22.7 Å². The predicted octanol–water partition coefficient (Wildman–Crippen LogP) is 1.33. The van der Waals surface area contributed by atoms with Gasteiger partial charge in [0.15, 0.2) is 0 Å². The first-order valence-electron chi connectivity index (χ1n) is 5.11. The number of carbonyl (C=O) groups is 2. The topological polar surface area (TPSA) is 78.4 Å². The number of anilines is 1. The summed E-state index contributed by atoms with van der Waals surface area (Å²) in [5.41, 5.74) is 1.72. The van der Waals surface area contributed by atoms with Crippen molar-refractivity contribution in [3.05, 3.63) is 28.2 Å². The highest BCUT2D eigenvalue weighted by Gasteiger charge is 2.25. The summed E-state index contributed by atoms with van der Waals surface area (Å²) < 4.78 is 0.920. The van der Waals surface area contributed by atoms with E-state index in [0.717, 1.165) is 15.7 Å². The van der Waals surface area contributed by atoms with Crippen LogP contribution in [0.5, 0.6) is 0 Å². The van der Waals surface area contributed by atoms with Crippen molar-refractivity contribution in [2.24, 2.45) is 0 Å². The summed E-state index contributed by atoms with van der Waals surface area (Å²) in [5, 5.41) is 14.4. The quantitative estimate of drug-likeness (QED) is 0.770. The van der Waals surface area contributed by atoms with E-state index in [1.54, 1.807) is 0 Å². The molecule has 1 aliphatic heterocycles. The predicted molar refractivity (Wildman–Crippen MR) is 65.7 cm³/mol. The molecule has 0 radical (unpaired) electrons. The first-order chi connectivity index (χ1) is 8.06. The Morgan fingerprint density at radius 3 is 3.00 bits per heavy atom. The SMILES string of the molecule is O=C(O)C[C@@H]1Nc2ccc(Br)cc2CNC1=O. The summed E-state index contributed by atoms with van der Waals surface area (Å²) in [5.74, 6) is -1.29. The molecule has 0 aromatic heterocycles. The molecule has 5 nitrogen and oxygen atoms in total. The lowest BCUT2D eigenvalue weighted by molar-refractivity contribution is -0.139. The minimum Gasteiger partial charge on any atom is -0.481 e. The van der Waals surface area contributed by atoms with E-state index in [-0.39, 0.29) is 12.3 Å². The van der Waals surface area contributed by atoms with Crippen LogP contribution < -0.4 is 10.6 Å². The Hall–Kier alpha value is -1.56. The molecule has 1 aromatic rings. The molecule has 1 atom stereocenters. The minimum atomic E-state index is -1.00. The van der Waals surface area contributed by atoms with Gasteiger partial charge in [-0.25, -0.2) is 0 Å². The van der Waals surface area contributed by atoms with Gasteiger partial charge in [0.2, 0.25) is 5.91 Å². The third kappa shape index (κ3) is 2.76. The Labute approximate surface area is 106 Å². The lowest BCUT2D eigenvalue weighted by Gasteiger charge is -2.14. The second-order valence-corrected chi connectivity index (χ2v) is 4.73. The van der Waals surface area contributed by atoms with Crippen LogP contribution in [0.3, 0.4) is 0 Å². The highest BCUT2D eigenvalue weighted by molar-refractivity contribution is 9.10. The monoisotopic (exact) mass is 298 g/mol. The van der Waals surface area contributed by atoms with Crippen molar-refractivity contribution in [3.63, 3.8) is 0 Å². The highest BCUT2D eigenvalue weighted by Crippen LogP contribution is 2.24. The zero-order valence-electron chi connectivity index (χ0n) is 8.87. The van der Waals surface area contributed by atoms with Crippen LogP contribution >= 0.6 is 15.9 Å². The molecule has 1 aliphatic rings. The lowest BCUT2D eigenvalue weighted by atomic mass is 10.1. The summed E-state index contributed by atoms with van der Waals surface area (Å²) in [6.07, 6.45) is -0.235. The normalized spacial score (nSPS) is 18.6. The van der Waals surface area contributed by atoms with E-state index in [4.69, 9.17) is 5.11 Å². The third-order valence-corrected chi connectivity index (χ3v) is 3.04. The first kappa shape index (κ1) is 11.9. The summed E-state index contributed by atoms with van der Waals surface area (Å²) >= 11 is 3.35. The standard InChI is InChI=1S/C11H11BrN2O3/c12-7-1-2-8-6(3-7)5-13-11(17)9(14-8)4-10(15)16/h1-3,9,14H,4-5H2,(H,13,17)(H,15,16)/t9-/m0/s1. The number of rotatable bonds is 2. The maximum absolute atomic E-state index is 11.7. The van der Waals surface area contributed by atoms with Crippen LogP contribution in [-0.2, 0) is 16.1 Å². The fourth-order valence-corrected chi connectivity index (χ4v) is 2.13. The van der Waals surface area contributed by atoms with E-state index >= 15 is 0 Å². The molecule has 0 aliphatic carbocycles. The number of halogens is 1. The van der Waals surface area contributed by atoms with E-state index in [0.29, 0.717) is 6.54 Å². The average Bonchev–Trinajstić information content (AvgIpc) is 2.40. The van der Waals surface area contributed by atoms with Crippen LogP contribution in [0.25, 0.3) is 0 Å². The molecular formula is C11H11BrN2O3. The number of aliphatic carboxylic acids is 1. The van der Waals surface area contributed by atoms with Crippen LogP contribution in [0.4, 0.5) is 5.69 Å². The molecule has 17 heavy (non-hydrogen) atoms. The van der Waals surface area contributed by atoms with Crippen molar-refractivity contribution in [1.29, 1.82) is 0 Å². The zero-order valence-corrected chi connectivity index (χ0v) is 10.5. The van der Waals surface area contributed by atoms with E-state index in [2.05, 4.69) is 26.6 Å². The molecule has 0 spiro atoms. The maximum atomic E-state index is 11.7. The highest BCUT2D eigenvalue weighted by atomic mass is 79.9. The van der Waals surface area contributed by atoms with Crippen molar-refractivity contribution >= 4 is 33.5 Å². The molecule has 3 N–H and O–H groups in total. The van der Waals surface area contributed by atoms with E-state index < -0.39 is 12.0 Å². The molecule has 1 aromatic carbocycles. The first-order valence-corrected chi connectivity index (χ1v) is 5.90. The fourth-order valence-electron chi connectivity index (χ4n) is 1.73. The summed E-state index contributed by atoms with van der Waals surface area (Å²) in [7, 11) is 0. The van der Waals surface area contributed by atoms with Gasteiger partial charge in [-0.1, -0.05) is 15.9 Å². The molecule has 0 unspecified atom stereocenters. The van der Waals surface area contributed by atoms with Crippen LogP contribution in [0.2, 0.25) is 0 Å². The van der Waals surface area contributed by atoms with Gasteiger partial charge in [-0.05, 0) is 23.8 Å². The molecule has 1 heterocycles. The second kappa shape index (κ2) is 4.75. The van der Waals surface area contributed by atoms with Gasteiger partial charge in [0.25, 0.3) is 0 Å². The van der Waals surface area contributed by atoms with Crippen molar-refractivity contribution in [1.82, 2.24) is 5.32 Å². The Kier molecular flexibility index (Phi) is 3.33. The van der Waals surface area contributed by atoms with Crippen molar-refractivity contribution in [2.45, 2.75) is 19.0 Å². The number of hydrogen-bond acceptors (Lipinski definition) is 3. The van der Waals surface area contributed by atoms with Gasteiger partial charge in [-0.2, -0.15) is 0 Å². The van der Waals surface area contributed by atoms with Gasteiger partial charge in [0, 0.05) is 16.7 Å². The molecule has 2 rings (SSSR count). The molecule has 0 saturated carbocycles. The minimum absolute atomic E-state index is 0.235. The van der Waals surface area contributed by atoms with Crippen molar-refractivity contribution in [3.8, 4) is 0 Å². The Morgan fingerprint density at radius 2 is 2.29 bits per heavy atom. The number of carboxylic acids is 1. The van der Waals surface area contributed by atoms with Gasteiger partial charge < -0.3 is 15.7 Å². The van der Waals surface area contributed by atoms with Crippen molar-refractivity contribution < 1.29 is 14.7 Å². The number of fused-ring (bicyclic) bond motifs is 1. The molecule has 1 amide bonds. The molecule has 0 fully saturated rings. The van der Waals surface area contributed by atoms with E-state index in [9.17, 15) is 9.59 Å². The number of amides is 1. The van der Waals surface area contributed by atoms with Gasteiger partial charge in [-0.3, -0.25) is 9.59 Å². The number of carboxylic acid groups (broad SMARTS) is 1. The van der Waals surface area contributed by atoms with Gasteiger partial charge in [0.1, 0.15) is 6.04 Å². The van der Waals surface area contributed by atoms with Gasteiger partial charge in [-0.15, -0.1) is 0 Å². The number of hydrogen-bond donors (Lipinski definition) is 3. The number of nitrogens with one attached hydrogen (secondary N) is 2. The average molecular weight is 299 g/mol. The fraction of sp³-hybridized carbons (Fsp3) is 0.273.